The Bertz CT molecular complexity index is 173. The highest BCUT2D eigenvalue weighted by atomic mass is 31.1. The van der Waals surface area contributed by atoms with Crippen LogP contribution in [0.25, 0.3) is 0 Å². The number of nitrogens with two attached hydrogens (primary N) is 1. The molecular weight excluding hydrogens is 181 g/mol. The van der Waals surface area contributed by atoms with E-state index in [4.69, 9.17) is 15.7 Å². The van der Waals surface area contributed by atoms with Gasteiger partial charge in [-0.05, 0) is 23.8 Å². The van der Waals surface area contributed by atoms with Gasteiger partial charge in [-0.3, -0.25) is 4.79 Å². The van der Waals surface area contributed by atoms with Crippen LogP contribution in [0.15, 0.2) is 0 Å². The van der Waals surface area contributed by atoms with Gasteiger partial charge in [0.25, 0.3) is 0 Å². The third kappa shape index (κ3) is 6.22. The summed E-state index contributed by atoms with van der Waals surface area (Å²) in [6, 6.07) is -0.846. The Morgan fingerprint density at radius 2 is 2.08 bits per heavy atom. The minimum Gasteiger partial charge on any atom is -0.480 e. The summed E-state index contributed by atoms with van der Waals surface area (Å²) in [5.41, 5.74) is 5.20. The van der Waals surface area contributed by atoms with Crippen molar-refractivity contribution in [2.75, 3.05) is 6.16 Å². The van der Waals surface area contributed by atoms with Crippen molar-refractivity contribution in [2.45, 2.75) is 25.3 Å². The molecule has 0 bridgehead atoms. The van der Waals surface area contributed by atoms with Gasteiger partial charge in [0.15, 0.2) is 6.16 Å². The summed E-state index contributed by atoms with van der Waals surface area (Å²) in [7, 11) is -2.08. The molecule has 0 spiro atoms. The molecule has 6 heteroatoms. The van der Waals surface area contributed by atoms with Gasteiger partial charge in [0.05, 0.1) is 0 Å². The average Bonchev–Trinajstić information content (AvgIpc) is 1.97. The molecular formula is C6H13NO4P+. The normalized spacial score (nSPS) is 14.0. The van der Waals surface area contributed by atoms with Crippen molar-refractivity contribution < 1.29 is 19.4 Å². The summed E-state index contributed by atoms with van der Waals surface area (Å²) in [5, 5.41) is 8.36. The lowest BCUT2D eigenvalue weighted by atomic mass is 10.1. The molecule has 0 aliphatic rings. The highest BCUT2D eigenvalue weighted by Gasteiger charge is 2.13. The predicted molar refractivity (Wildman–Crippen MR) is 44.2 cm³/mol. The Labute approximate surface area is 71.4 Å². The van der Waals surface area contributed by atoms with Crippen molar-refractivity contribution in [1.29, 1.82) is 0 Å². The van der Waals surface area contributed by atoms with Crippen molar-refractivity contribution in [3.8, 4) is 0 Å². The molecule has 0 aromatic carbocycles. The number of rotatable bonds is 6. The Morgan fingerprint density at radius 1 is 1.50 bits per heavy atom. The van der Waals surface area contributed by atoms with E-state index in [1.165, 1.54) is 0 Å². The van der Waals surface area contributed by atoms with E-state index in [1.807, 2.05) is 0 Å². The van der Waals surface area contributed by atoms with Crippen molar-refractivity contribution in [3.05, 3.63) is 0 Å². The highest BCUT2D eigenvalue weighted by Crippen LogP contribution is 2.15. The number of carboxylic acid groups (broad SMARTS) is 1. The molecule has 0 rings (SSSR count). The number of unbranched alkanes of at least 4 members (excludes halogenated alkanes) is 1. The lowest BCUT2D eigenvalue weighted by Gasteiger charge is -2.02. The fourth-order valence-corrected chi connectivity index (χ4v) is 1.23. The summed E-state index contributed by atoms with van der Waals surface area (Å²) in [6.45, 7) is 0. The van der Waals surface area contributed by atoms with E-state index in [-0.39, 0.29) is 6.16 Å². The third-order valence-electron chi connectivity index (χ3n) is 1.43. The zero-order chi connectivity index (χ0) is 9.56. The van der Waals surface area contributed by atoms with Gasteiger partial charge in [0.1, 0.15) is 6.04 Å². The number of carbonyl (C=O) groups is 1. The zero-order valence-corrected chi connectivity index (χ0v) is 7.54. The van der Waals surface area contributed by atoms with E-state index in [2.05, 4.69) is 0 Å². The first kappa shape index (κ1) is 11.5. The lowest BCUT2D eigenvalue weighted by molar-refractivity contribution is -0.138. The maximum atomic E-state index is 10.2. The zero-order valence-electron chi connectivity index (χ0n) is 6.64. The summed E-state index contributed by atoms with van der Waals surface area (Å²) in [4.78, 5) is 18.6. The monoisotopic (exact) mass is 194 g/mol. The molecule has 0 heterocycles. The van der Waals surface area contributed by atoms with Crippen molar-refractivity contribution in [3.63, 3.8) is 0 Å². The van der Waals surface area contributed by atoms with Crippen LogP contribution < -0.4 is 5.73 Å². The molecule has 0 amide bonds. The molecule has 0 saturated heterocycles. The standard InChI is InChI=1S/C6H12NO4P/c7-5(6(8)9)3-1-2-4-12(10)11/h5H,1-4,7H2,(H-,8,9,10,11)/p+1. The van der Waals surface area contributed by atoms with Gasteiger partial charge in [-0.2, -0.15) is 4.89 Å². The highest BCUT2D eigenvalue weighted by molar-refractivity contribution is 7.37. The molecule has 70 valence electrons. The maximum Gasteiger partial charge on any atom is 0.505 e. The third-order valence-corrected chi connectivity index (χ3v) is 2.13. The molecule has 0 saturated carbocycles. The first-order chi connectivity index (χ1) is 5.54. The van der Waals surface area contributed by atoms with Crippen LogP contribution in [0.3, 0.4) is 0 Å². The van der Waals surface area contributed by atoms with Gasteiger partial charge in [0, 0.05) is 0 Å². The topological polar surface area (TPSA) is 101 Å². The van der Waals surface area contributed by atoms with Gasteiger partial charge < -0.3 is 10.8 Å². The molecule has 2 atom stereocenters. The van der Waals surface area contributed by atoms with Gasteiger partial charge in [0.2, 0.25) is 0 Å². The molecule has 12 heavy (non-hydrogen) atoms. The van der Waals surface area contributed by atoms with Gasteiger partial charge in [-0.1, -0.05) is 0 Å². The van der Waals surface area contributed by atoms with E-state index >= 15 is 0 Å². The van der Waals surface area contributed by atoms with Crippen LogP contribution in [-0.2, 0) is 9.36 Å². The Balaban J connectivity index is 3.31. The molecule has 0 aliphatic carbocycles. The Kier molecular flexibility index (Phi) is 5.80. The van der Waals surface area contributed by atoms with Gasteiger partial charge >= 0.3 is 14.0 Å². The van der Waals surface area contributed by atoms with Crippen molar-refractivity contribution >= 4 is 14.0 Å². The number of aliphatic carboxylic acids is 1. The first-order valence-corrected chi connectivity index (χ1v) is 5.05. The fraction of sp³-hybridized carbons (Fsp3) is 0.833. The number of carboxylic acids is 1. The summed E-state index contributed by atoms with van der Waals surface area (Å²) in [5.74, 6) is -1.02. The molecule has 0 aromatic rings. The first-order valence-electron chi connectivity index (χ1n) is 3.66. The second-order valence-electron chi connectivity index (χ2n) is 2.52. The van der Waals surface area contributed by atoms with Crippen LogP contribution in [-0.4, -0.2) is 28.2 Å². The quantitative estimate of drug-likeness (QED) is 0.417. The second kappa shape index (κ2) is 6.06. The lowest BCUT2D eigenvalue weighted by Crippen LogP contribution is -2.29. The van der Waals surface area contributed by atoms with Crippen LogP contribution in [0.2, 0.25) is 0 Å². The van der Waals surface area contributed by atoms with Crippen molar-refractivity contribution in [2.24, 2.45) is 5.73 Å². The Hall–Kier alpha value is -0.510. The molecule has 0 aliphatic heterocycles. The van der Waals surface area contributed by atoms with Crippen LogP contribution >= 0.6 is 8.03 Å². The van der Waals surface area contributed by atoms with E-state index in [1.54, 1.807) is 0 Å². The SMILES string of the molecule is NC(CCCC[P+](=O)O)C(=O)O. The van der Waals surface area contributed by atoms with E-state index in [9.17, 15) is 9.36 Å². The van der Waals surface area contributed by atoms with E-state index in [0.717, 1.165) is 0 Å². The molecule has 0 fully saturated rings. The fourth-order valence-electron chi connectivity index (χ4n) is 0.735. The van der Waals surface area contributed by atoms with Gasteiger partial charge in [-0.15, -0.1) is 0 Å². The molecule has 2 unspecified atom stereocenters. The van der Waals surface area contributed by atoms with Crippen LogP contribution in [0.5, 0.6) is 0 Å². The van der Waals surface area contributed by atoms with E-state index in [0.29, 0.717) is 19.3 Å². The molecule has 4 N–H and O–H groups in total. The Morgan fingerprint density at radius 3 is 2.50 bits per heavy atom. The predicted octanol–water partition coefficient (Wildman–Crippen LogP) is 0.303. The summed E-state index contributed by atoms with van der Waals surface area (Å²) >= 11 is 0. The van der Waals surface area contributed by atoms with Gasteiger partial charge in [-0.25, -0.2) is 0 Å². The van der Waals surface area contributed by atoms with Crippen LogP contribution in [0.4, 0.5) is 0 Å². The smallest absolute Gasteiger partial charge is 0.480 e. The summed E-state index contributed by atoms with van der Waals surface area (Å²) < 4.78 is 10.2. The van der Waals surface area contributed by atoms with E-state index < -0.39 is 20.0 Å². The largest absolute Gasteiger partial charge is 0.505 e. The van der Waals surface area contributed by atoms with Crippen molar-refractivity contribution in [1.82, 2.24) is 0 Å². The number of hydrogen-bond donors (Lipinski definition) is 3. The molecule has 0 aromatic heterocycles. The summed E-state index contributed by atoms with van der Waals surface area (Å²) in [6.07, 6.45) is 1.71. The minimum atomic E-state index is -2.08. The molecule has 5 nitrogen and oxygen atoms in total. The average molecular weight is 194 g/mol. The van der Waals surface area contributed by atoms with Crippen LogP contribution in [0.1, 0.15) is 19.3 Å². The molecule has 0 radical (unpaired) electrons. The number of hydrogen-bond acceptors (Lipinski definition) is 3. The van der Waals surface area contributed by atoms with Crippen LogP contribution in [0, 0.1) is 0 Å². The maximum absolute atomic E-state index is 10.2. The second-order valence-corrected chi connectivity index (χ2v) is 3.67. The minimum absolute atomic E-state index is 0.224.